The van der Waals surface area contributed by atoms with Crippen molar-refractivity contribution in [3.05, 3.63) is 132 Å². The molecule has 0 heterocycles. The summed E-state index contributed by atoms with van der Waals surface area (Å²) in [6, 6.07) is 32.0. The molecule has 0 saturated heterocycles. The van der Waals surface area contributed by atoms with E-state index in [1.54, 1.807) is 13.8 Å². The smallest absolute Gasteiger partial charge is 0.186 e. The van der Waals surface area contributed by atoms with E-state index in [9.17, 15) is 19.8 Å². The maximum Gasteiger partial charge on any atom is 0.186 e. The van der Waals surface area contributed by atoms with Crippen LogP contribution < -0.4 is 0 Å². The van der Waals surface area contributed by atoms with Crippen LogP contribution in [0.5, 0.6) is 0 Å². The Hall–Kier alpha value is -4.38. The average molecular weight is 543 g/mol. The Morgan fingerprint density at radius 2 is 0.927 bits per heavy atom. The van der Waals surface area contributed by atoms with Crippen molar-refractivity contribution in [1.82, 2.24) is 0 Å². The molecular weight excluding hydrogens is 508 g/mol. The predicted molar refractivity (Wildman–Crippen MR) is 164 cm³/mol. The predicted octanol–water partition coefficient (Wildman–Crippen LogP) is 7.08. The summed E-state index contributed by atoms with van der Waals surface area (Å²) < 4.78 is 0. The second-order valence-electron chi connectivity index (χ2n) is 11.0. The van der Waals surface area contributed by atoms with Crippen LogP contribution in [0.2, 0.25) is 0 Å². The van der Waals surface area contributed by atoms with E-state index in [0.29, 0.717) is 0 Å². The van der Waals surface area contributed by atoms with Gasteiger partial charge in [-0.15, -0.1) is 0 Å². The minimum atomic E-state index is -1.40. The van der Waals surface area contributed by atoms with Crippen LogP contribution in [0, 0.1) is 0 Å². The van der Waals surface area contributed by atoms with Gasteiger partial charge in [-0.3, -0.25) is 9.59 Å². The zero-order valence-electron chi connectivity index (χ0n) is 23.4. The number of hydrogen-bond donors (Lipinski definition) is 2. The fraction of sp³-hybridized carbons (Fsp3) is 0.189. The number of aliphatic hydroxyl groups excluding tert-OH is 2. The molecule has 41 heavy (non-hydrogen) atoms. The van der Waals surface area contributed by atoms with Gasteiger partial charge in [0.05, 0.1) is 0 Å². The van der Waals surface area contributed by atoms with E-state index in [1.807, 2.05) is 97.1 Å². The fourth-order valence-electron chi connectivity index (χ4n) is 6.33. The van der Waals surface area contributed by atoms with E-state index < -0.39 is 29.2 Å². The molecule has 1 aliphatic carbocycles. The zero-order valence-corrected chi connectivity index (χ0v) is 23.4. The van der Waals surface area contributed by atoms with Crippen molar-refractivity contribution in [3.8, 4) is 33.4 Å². The van der Waals surface area contributed by atoms with Gasteiger partial charge in [0.15, 0.2) is 11.6 Å². The quantitative estimate of drug-likeness (QED) is 0.210. The lowest BCUT2D eigenvalue weighted by Gasteiger charge is -2.38. The van der Waals surface area contributed by atoms with Crippen LogP contribution in [0.1, 0.15) is 37.8 Å². The van der Waals surface area contributed by atoms with Crippen molar-refractivity contribution in [1.29, 1.82) is 0 Å². The van der Waals surface area contributed by atoms with Crippen LogP contribution in [0.15, 0.2) is 121 Å². The molecule has 2 unspecified atom stereocenters. The van der Waals surface area contributed by atoms with E-state index in [2.05, 4.69) is 13.2 Å². The molecule has 4 nitrogen and oxygen atoms in total. The van der Waals surface area contributed by atoms with E-state index in [1.165, 1.54) is 0 Å². The second kappa shape index (κ2) is 11.2. The number of Topliss-reactive ketones (excluding diaryl/α,β-unsaturated/α-hetero) is 2. The molecule has 206 valence electrons. The monoisotopic (exact) mass is 542 g/mol. The van der Waals surface area contributed by atoms with Gasteiger partial charge in [0.1, 0.15) is 12.2 Å². The third-order valence-electron chi connectivity index (χ3n) is 8.08. The van der Waals surface area contributed by atoms with Crippen LogP contribution in [-0.4, -0.2) is 34.0 Å². The summed E-state index contributed by atoms with van der Waals surface area (Å²) in [6.07, 6.45) is -2.86. The van der Waals surface area contributed by atoms with Crippen molar-refractivity contribution < 1.29 is 19.8 Å². The number of benzene rings is 4. The number of aliphatic hydroxyl groups is 2. The largest absolute Gasteiger partial charge is 0.385 e. The van der Waals surface area contributed by atoms with Crippen LogP contribution in [0.3, 0.4) is 0 Å². The topological polar surface area (TPSA) is 74.6 Å². The maximum absolute atomic E-state index is 13.1. The number of carbonyl (C=O) groups is 2. The summed E-state index contributed by atoms with van der Waals surface area (Å²) in [6.45, 7) is 10.7. The van der Waals surface area contributed by atoms with Gasteiger partial charge in [-0.25, -0.2) is 0 Å². The van der Waals surface area contributed by atoms with Crippen LogP contribution in [0.25, 0.3) is 33.4 Å². The molecule has 0 bridgehead atoms. The highest BCUT2D eigenvalue weighted by Gasteiger charge is 2.50. The van der Waals surface area contributed by atoms with Crippen LogP contribution >= 0.6 is 0 Å². The van der Waals surface area contributed by atoms with Crippen LogP contribution in [-0.2, 0) is 15.0 Å². The number of carbonyl (C=O) groups excluding carboxylic acids is 2. The molecule has 0 amide bonds. The van der Waals surface area contributed by atoms with Crippen molar-refractivity contribution in [2.75, 3.05) is 0 Å². The van der Waals surface area contributed by atoms with Gasteiger partial charge in [0.2, 0.25) is 0 Å². The van der Waals surface area contributed by atoms with Gasteiger partial charge in [-0.2, -0.15) is 0 Å². The van der Waals surface area contributed by atoms with Gasteiger partial charge < -0.3 is 10.2 Å². The first-order valence-corrected chi connectivity index (χ1v) is 13.8. The normalized spacial score (nSPS) is 14.4. The molecule has 4 aromatic carbocycles. The van der Waals surface area contributed by atoms with E-state index in [-0.39, 0.29) is 24.0 Å². The number of hydrogen-bond acceptors (Lipinski definition) is 4. The van der Waals surface area contributed by atoms with E-state index >= 15 is 0 Å². The molecule has 0 fully saturated rings. The van der Waals surface area contributed by atoms with Gasteiger partial charge in [-0.1, -0.05) is 110 Å². The summed E-state index contributed by atoms with van der Waals surface area (Å²) in [4.78, 5) is 26.3. The van der Waals surface area contributed by atoms with Crippen molar-refractivity contribution >= 4 is 11.6 Å². The molecule has 5 rings (SSSR count). The highest BCUT2D eigenvalue weighted by atomic mass is 16.3. The third kappa shape index (κ3) is 5.01. The molecular formula is C37H34O4. The van der Waals surface area contributed by atoms with E-state index in [0.717, 1.165) is 44.5 Å². The Kier molecular flexibility index (Phi) is 7.72. The maximum atomic E-state index is 13.1. The summed E-state index contributed by atoms with van der Waals surface area (Å²) in [5, 5.41) is 22.9. The molecule has 0 aromatic heterocycles. The second-order valence-corrected chi connectivity index (χ2v) is 11.0. The first-order chi connectivity index (χ1) is 19.7. The summed E-state index contributed by atoms with van der Waals surface area (Å²) >= 11 is 0. The molecule has 2 N–H and O–H groups in total. The Bertz CT molecular complexity index is 1520. The lowest BCUT2D eigenvalue weighted by Crippen LogP contribution is -2.40. The molecule has 0 saturated carbocycles. The summed E-state index contributed by atoms with van der Waals surface area (Å²) in [7, 11) is 0. The minimum Gasteiger partial charge on any atom is -0.385 e. The van der Waals surface area contributed by atoms with Gasteiger partial charge in [0.25, 0.3) is 0 Å². The van der Waals surface area contributed by atoms with E-state index in [4.69, 9.17) is 0 Å². The molecule has 4 aromatic rings. The van der Waals surface area contributed by atoms with Crippen LogP contribution in [0.4, 0.5) is 0 Å². The first kappa shape index (κ1) is 28.2. The molecule has 1 aliphatic rings. The third-order valence-corrected chi connectivity index (χ3v) is 8.08. The lowest BCUT2D eigenvalue weighted by molar-refractivity contribution is -0.125. The highest BCUT2D eigenvalue weighted by Crippen LogP contribution is 2.59. The van der Waals surface area contributed by atoms with Crippen molar-refractivity contribution in [2.45, 2.75) is 44.3 Å². The fourth-order valence-corrected chi connectivity index (χ4v) is 6.33. The number of fused-ring (bicyclic) bond motifs is 3. The Morgan fingerprint density at radius 1 is 0.585 bits per heavy atom. The first-order valence-electron chi connectivity index (χ1n) is 13.8. The zero-order chi connectivity index (χ0) is 29.3. The van der Waals surface area contributed by atoms with Crippen molar-refractivity contribution in [2.24, 2.45) is 0 Å². The molecule has 0 aliphatic heterocycles. The summed E-state index contributed by atoms with van der Waals surface area (Å²) in [5.41, 5.74) is 6.82. The molecule has 0 radical (unpaired) electrons. The van der Waals surface area contributed by atoms with Crippen molar-refractivity contribution in [3.63, 3.8) is 0 Å². The van der Waals surface area contributed by atoms with Gasteiger partial charge in [-0.05, 0) is 82.3 Å². The summed E-state index contributed by atoms with van der Waals surface area (Å²) in [5.74, 6) is -0.927. The average Bonchev–Trinajstić information content (AvgIpc) is 3.26. The standard InChI is InChI=1S/C37H34O4/c1-23(2)35(40)31(38)21-37(22-32(39)36(41)24(3)4)33-27(25-13-7-5-8-14-25)17-11-19-29(33)30-20-12-18-28(34(30)37)26-15-9-6-10-16-26/h5-20,31-32,38-39H,1,3,21-22H2,2,4H3. The van der Waals surface area contributed by atoms with Gasteiger partial charge >= 0.3 is 0 Å². The minimum absolute atomic E-state index is 0.0348. The Balaban J connectivity index is 1.89. The molecule has 0 spiro atoms. The number of rotatable bonds is 10. The highest BCUT2D eigenvalue weighted by molar-refractivity contribution is 6.00. The Labute approximate surface area is 241 Å². The Morgan fingerprint density at radius 3 is 1.27 bits per heavy atom. The molecule has 2 atom stereocenters. The molecule has 4 heteroatoms. The number of ketones is 2. The van der Waals surface area contributed by atoms with Gasteiger partial charge in [0, 0.05) is 5.41 Å². The lowest BCUT2D eigenvalue weighted by atomic mass is 9.66. The SMILES string of the molecule is C=C(C)C(=O)C(O)CC1(CC(O)C(=O)C(=C)C)c2c(-c3ccccc3)cccc2-c2cccc(-c3ccccc3)c21.